The third-order valence-corrected chi connectivity index (χ3v) is 4.75. The number of furan rings is 1. The van der Waals surface area contributed by atoms with Crippen LogP contribution in [0.5, 0.6) is 0 Å². The number of unbranched alkanes of at least 4 members (excludes halogenated alkanes) is 1. The molecule has 0 spiro atoms. The molecule has 104 valence electrons. The topological polar surface area (TPSA) is 59.3 Å². The van der Waals surface area contributed by atoms with E-state index in [1.807, 2.05) is 24.5 Å². The molecule has 0 unspecified atom stereocenters. The molecule has 6 heteroatoms. The average Bonchev–Trinajstić information content (AvgIpc) is 2.83. The molecule has 0 bridgehead atoms. The van der Waals surface area contributed by atoms with Gasteiger partial charge in [0.15, 0.2) is 0 Å². The van der Waals surface area contributed by atoms with E-state index in [4.69, 9.17) is 4.42 Å². The zero-order valence-corrected chi connectivity index (χ0v) is 12.4. The fraction of sp³-hybridized carbons (Fsp3) is 0.385. The molecule has 19 heavy (non-hydrogen) atoms. The SMILES string of the molecule is CSCCCCNS(=O)(=O)c1cc2ccccc2o1. The summed E-state index contributed by atoms with van der Waals surface area (Å²) in [6.45, 7) is 0.444. The van der Waals surface area contributed by atoms with Crippen LogP contribution in [-0.4, -0.2) is 27.0 Å². The highest BCUT2D eigenvalue weighted by molar-refractivity contribution is 7.98. The first-order valence-electron chi connectivity index (χ1n) is 6.11. The fourth-order valence-corrected chi connectivity index (χ4v) is 3.27. The van der Waals surface area contributed by atoms with Crippen molar-refractivity contribution in [2.75, 3.05) is 18.6 Å². The van der Waals surface area contributed by atoms with E-state index in [9.17, 15) is 8.42 Å². The molecular weight excluding hydrogens is 282 g/mol. The van der Waals surface area contributed by atoms with E-state index in [0.29, 0.717) is 12.1 Å². The van der Waals surface area contributed by atoms with Crippen LogP contribution in [0.3, 0.4) is 0 Å². The summed E-state index contributed by atoms with van der Waals surface area (Å²) in [5.41, 5.74) is 0.588. The van der Waals surface area contributed by atoms with Gasteiger partial charge < -0.3 is 4.42 Å². The molecule has 1 aromatic heterocycles. The third kappa shape index (κ3) is 3.75. The van der Waals surface area contributed by atoms with Gasteiger partial charge in [-0.3, -0.25) is 0 Å². The first-order chi connectivity index (χ1) is 9.13. The minimum Gasteiger partial charge on any atom is -0.443 e. The Labute approximate surface area is 117 Å². The van der Waals surface area contributed by atoms with Crippen LogP contribution in [-0.2, 0) is 10.0 Å². The van der Waals surface area contributed by atoms with Gasteiger partial charge in [-0.05, 0) is 30.9 Å². The summed E-state index contributed by atoms with van der Waals surface area (Å²) in [6.07, 6.45) is 3.88. The molecule has 0 saturated heterocycles. The number of fused-ring (bicyclic) bond motifs is 1. The molecule has 1 heterocycles. The number of thioether (sulfide) groups is 1. The number of nitrogens with one attached hydrogen (secondary N) is 1. The maximum absolute atomic E-state index is 12.0. The standard InChI is InChI=1S/C13H17NO3S2/c1-18-9-5-4-8-14-19(15,16)13-10-11-6-2-3-7-12(11)17-13/h2-3,6-7,10,14H,4-5,8-9H2,1H3. The Morgan fingerprint density at radius 2 is 2.05 bits per heavy atom. The lowest BCUT2D eigenvalue weighted by Gasteiger charge is -2.03. The molecule has 0 aliphatic heterocycles. The van der Waals surface area contributed by atoms with E-state index in [-0.39, 0.29) is 5.09 Å². The second kappa shape index (κ2) is 6.45. The molecule has 2 aromatic rings. The van der Waals surface area contributed by atoms with Gasteiger partial charge in [0.25, 0.3) is 10.0 Å². The average molecular weight is 299 g/mol. The molecule has 2 rings (SSSR count). The van der Waals surface area contributed by atoms with Crippen LogP contribution in [0.2, 0.25) is 0 Å². The van der Waals surface area contributed by atoms with Gasteiger partial charge in [-0.1, -0.05) is 18.2 Å². The van der Waals surface area contributed by atoms with Gasteiger partial charge in [-0.25, -0.2) is 13.1 Å². The number of hydrogen-bond acceptors (Lipinski definition) is 4. The lowest BCUT2D eigenvalue weighted by Crippen LogP contribution is -2.24. The Morgan fingerprint density at radius 1 is 1.26 bits per heavy atom. The van der Waals surface area contributed by atoms with Crippen molar-refractivity contribution < 1.29 is 12.8 Å². The summed E-state index contributed by atoms with van der Waals surface area (Å²) < 4.78 is 32.0. The summed E-state index contributed by atoms with van der Waals surface area (Å²) in [4.78, 5) is 0. The van der Waals surface area contributed by atoms with Crippen LogP contribution in [0.15, 0.2) is 39.8 Å². The molecule has 0 amide bonds. The number of hydrogen-bond donors (Lipinski definition) is 1. The zero-order valence-electron chi connectivity index (χ0n) is 10.8. The van der Waals surface area contributed by atoms with Gasteiger partial charge in [0, 0.05) is 18.0 Å². The fourth-order valence-electron chi connectivity index (χ4n) is 1.74. The van der Waals surface area contributed by atoms with Crippen molar-refractivity contribution in [3.05, 3.63) is 30.3 Å². The van der Waals surface area contributed by atoms with Crippen LogP contribution >= 0.6 is 11.8 Å². The van der Waals surface area contributed by atoms with Crippen molar-refractivity contribution >= 4 is 32.8 Å². The first-order valence-corrected chi connectivity index (χ1v) is 8.98. The van der Waals surface area contributed by atoms with Crippen LogP contribution in [0.1, 0.15) is 12.8 Å². The Balaban J connectivity index is 2.02. The van der Waals surface area contributed by atoms with Gasteiger partial charge in [-0.15, -0.1) is 0 Å². The van der Waals surface area contributed by atoms with Gasteiger partial charge in [0.2, 0.25) is 5.09 Å². The molecule has 0 fully saturated rings. The lowest BCUT2D eigenvalue weighted by atomic mass is 10.3. The molecular formula is C13H17NO3S2. The Bertz CT molecular complexity index is 601. The first kappa shape index (κ1) is 14.4. The van der Waals surface area contributed by atoms with E-state index in [2.05, 4.69) is 4.72 Å². The number of sulfonamides is 1. The predicted octanol–water partition coefficient (Wildman–Crippen LogP) is 2.85. The summed E-state index contributed by atoms with van der Waals surface area (Å²) in [5.74, 6) is 1.05. The van der Waals surface area contributed by atoms with E-state index in [0.717, 1.165) is 24.0 Å². The molecule has 0 aliphatic carbocycles. The molecule has 0 atom stereocenters. The molecule has 0 saturated carbocycles. The summed E-state index contributed by atoms with van der Waals surface area (Å²) in [5, 5.41) is 0.781. The second-order valence-corrected chi connectivity index (χ2v) is 6.88. The van der Waals surface area contributed by atoms with Gasteiger partial charge in [0.1, 0.15) is 5.58 Å². The van der Waals surface area contributed by atoms with Gasteiger partial charge in [0.05, 0.1) is 0 Å². The predicted molar refractivity (Wildman–Crippen MR) is 79.0 cm³/mol. The Morgan fingerprint density at radius 3 is 2.79 bits per heavy atom. The quantitative estimate of drug-likeness (QED) is 0.799. The highest BCUT2D eigenvalue weighted by Gasteiger charge is 2.18. The van der Waals surface area contributed by atoms with Crippen molar-refractivity contribution in [3.63, 3.8) is 0 Å². The van der Waals surface area contributed by atoms with Crippen molar-refractivity contribution in [3.8, 4) is 0 Å². The number of para-hydroxylation sites is 1. The van der Waals surface area contributed by atoms with Crippen molar-refractivity contribution in [2.24, 2.45) is 0 Å². The normalized spacial score (nSPS) is 12.1. The van der Waals surface area contributed by atoms with Crippen molar-refractivity contribution in [1.29, 1.82) is 0 Å². The maximum Gasteiger partial charge on any atom is 0.273 e. The zero-order chi connectivity index (χ0) is 13.7. The highest BCUT2D eigenvalue weighted by atomic mass is 32.2. The minimum absolute atomic E-state index is 0.0152. The highest BCUT2D eigenvalue weighted by Crippen LogP contribution is 2.22. The smallest absolute Gasteiger partial charge is 0.273 e. The van der Waals surface area contributed by atoms with Crippen molar-refractivity contribution in [2.45, 2.75) is 17.9 Å². The second-order valence-electron chi connectivity index (χ2n) is 4.20. The van der Waals surface area contributed by atoms with Crippen LogP contribution in [0, 0.1) is 0 Å². The number of rotatable bonds is 7. The molecule has 0 aliphatic rings. The van der Waals surface area contributed by atoms with Crippen molar-refractivity contribution in [1.82, 2.24) is 4.72 Å². The van der Waals surface area contributed by atoms with Gasteiger partial charge in [-0.2, -0.15) is 11.8 Å². The van der Waals surface area contributed by atoms with Crippen LogP contribution in [0.4, 0.5) is 0 Å². The molecule has 0 radical (unpaired) electrons. The van der Waals surface area contributed by atoms with Crippen LogP contribution in [0.25, 0.3) is 11.0 Å². The summed E-state index contributed by atoms with van der Waals surface area (Å²) in [6, 6.07) is 8.81. The van der Waals surface area contributed by atoms with Crippen LogP contribution < -0.4 is 4.72 Å². The van der Waals surface area contributed by atoms with E-state index < -0.39 is 10.0 Å². The Hall–Kier alpha value is -0.980. The van der Waals surface area contributed by atoms with E-state index in [1.54, 1.807) is 23.9 Å². The molecule has 1 N–H and O–H groups in total. The van der Waals surface area contributed by atoms with E-state index in [1.165, 1.54) is 0 Å². The largest absolute Gasteiger partial charge is 0.443 e. The Kier molecular flexibility index (Phi) is 4.90. The van der Waals surface area contributed by atoms with E-state index >= 15 is 0 Å². The third-order valence-electron chi connectivity index (χ3n) is 2.74. The minimum atomic E-state index is -3.53. The summed E-state index contributed by atoms with van der Waals surface area (Å²) in [7, 11) is -3.53. The summed E-state index contributed by atoms with van der Waals surface area (Å²) >= 11 is 1.76. The molecule has 1 aromatic carbocycles. The molecule has 4 nitrogen and oxygen atoms in total. The monoisotopic (exact) mass is 299 g/mol. The lowest BCUT2D eigenvalue weighted by molar-refractivity contribution is 0.475. The number of benzene rings is 1. The van der Waals surface area contributed by atoms with Gasteiger partial charge >= 0.3 is 0 Å². The maximum atomic E-state index is 12.0.